The smallest absolute Gasteiger partial charge is 0.237 e. The van der Waals surface area contributed by atoms with E-state index in [9.17, 15) is 4.79 Å². The van der Waals surface area contributed by atoms with Gasteiger partial charge >= 0.3 is 0 Å². The highest BCUT2D eigenvalue weighted by Gasteiger charge is 2.15. The zero-order valence-electron chi connectivity index (χ0n) is 9.13. The molecular weight excluding hydrogens is 164 g/mol. The lowest BCUT2D eigenvalue weighted by molar-refractivity contribution is -0.123. The predicted molar refractivity (Wildman–Crippen MR) is 55.3 cm³/mol. The second kappa shape index (κ2) is 5.97. The molecule has 0 saturated carbocycles. The maximum absolute atomic E-state index is 11.4. The predicted octanol–water partition coefficient (Wildman–Crippen LogP) is 1.27. The van der Waals surface area contributed by atoms with Gasteiger partial charge in [0.05, 0.1) is 6.04 Å². The van der Waals surface area contributed by atoms with Crippen LogP contribution in [0, 0.1) is 5.92 Å². The van der Waals surface area contributed by atoms with Crippen molar-refractivity contribution in [1.29, 1.82) is 0 Å². The lowest BCUT2D eigenvalue weighted by Gasteiger charge is -2.17. The molecule has 0 aromatic rings. The van der Waals surface area contributed by atoms with Crippen molar-refractivity contribution in [3.8, 4) is 0 Å². The van der Waals surface area contributed by atoms with Gasteiger partial charge in [0.25, 0.3) is 0 Å². The molecule has 3 nitrogen and oxygen atoms in total. The minimum atomic E-state index is -0.353. The molecule has 0 saturated heterocycles. The summed E-state index contributed by atoms with van der Waals surface area (Å²) in [6.45, 7) is 8.16. The standard InChI is InChI=1S/C10H22N2O/c1-5-8(4)12-10(13)9(11)6-7(2)3/h7-9H,5-6,11H2,1-4H3,(H,12,13)/t8-,9-/m1/s1. The van der Waals surface area contributed by atoms with Crippen LogP contribution in [0.4, 0.5) is 0 Å². The van der Waals surface area contributed by atoms with Crippen molar-refractivity contribution in [3.05, 3.63) is 0 Å². The lowest BCUT2D eigenvalue weighted by atomic mass is 10.0. The molecule has 0 aliphatic rings. The molecule has 2 atom stereocenters. The second-order valence-electron chi connectivity index (χ2n) is 4.05. The number of hydrogen-bond acceptors (Lipinski definition) is 2. The summed E-state index contributed by atoms with van der Waals surface area (Å²) in [4.78, 5) is 11.4. The van der Waals surface area contributed by atoms with Crippen molar-refractivity contribution in [2.75, 3.05) is 0 Å². The molecule has 1 amide bonds. The fourth-order valence-electron chi connectivity index (χ4n) is 1.07. The Labute approximate surface area is 81.1 Å². The molecule has 0 aliphatic heterocycles. The maximum atomic E-state index is 11.4. The van der Waals surface area contributed by atoms with Gasteiger partial charge < -0.3 is 11.1 Å². The van der Waals surface area contributed by atoms with Gasteiger partial charge in [0, 0.05) is 6.04 Å². The third-order valence-corrected chi connectivity index (χ3v) is 2.06. The first-order valence-electron chi connectivity index (χ1n) is 5.03. The number of amides is 1. The van der Waals surface area contributed by atoms with E-state index in [2.05, 4.69) is 19.2 Å². The average Bonchev–Trinajstić information content (AvgIpc) is 2.02. The van der Waals surface area contributed by atoms with Crippen molar-refractivity contribution >= 4 is 5.91 Å². The number of nitrogens with two attached hydrogens (primary N) is 1. The van der Waals surface area contributed by atoms with Gasteiger partial charge in [-0.3, -0.25) is 4.79 Å². The summed E-state index contributed by atoms with van der Waals surface area (Å²) in [5.74, 6) is 0.445. The molecule has 0 aromatic carbocycles. The van der Waals surface area contributed by atoms with E-state index in [1.807, 2.05) is 13.8 Å². The van der Waals surface area contributed by atoms with E-state index in [-0.39, 0.29) is 18.0 Å². The quantitative estimate of drug-likeness (QED) is 0.679. The minimum Gasteiger partial charge on any atom is -0.352 e. The second-order valence-corrected chi connectivity index (χ2v) is 4.05. The van der Waals surface area contributed by atoms with E-state index in [4.69, 9.17) is 5.73 Å². The van der Waals surface area contributed by atoms with Crippen LogP contribution in [0.5, 0.6) is 0 Å². The van der Waals surface area contributed by atoms with Crippen molar-refractivity contribution in [3.63, 3.8) is 0 Å². The highest BCUT2D eigenvalue weighted by Crippen LogP contribution is 2.03. The highest BCUT2D eigenvalue weighted by molar-refractivity contribution is 5.81. The van der Waals surface area contributed by atoms with E-state index in [0.717, 1.165) is 12.8 Å². The van der Waals surface area contributed by atoms with Crippen LogP contribution >= 0.6 is 0 Å². The Bertz CT molecular complexity index is 157. The normalized spacial score (nSPS) is 15.5. The van der Waals surface area contributed by atoms with Gasteiger partial charge in [0.2, 0.25) is 5.91 Å². The van der Waals surface area contributed by atoms with Crippen molar-refractivity contribution in [2.45, 2.75) is 52.6 Å². The van der Waals surface area contributed by atoms with Crippen molar-refractivity contribution < 1.29 is 4.79 Å². The summed E-state index contributed by atoms with van der Waals surface area (Å²) in [5, 5.41) is 2.87. The van der Waals surface area contributed by atoms with Crippen LogP contribution in [0.15, 0.2) is 0 Å². The molecule has 13 heavy (non-hydrogen) atoms. The largest absolute Gasteiger partial charge is 0.352 e. The van der Waals surface area contributed by atoms with Gasteiger partial charge in [-0.05, 0) is 25.7 Å². The fourth-order valence-corrected chi connectivity index (χ4v) is 1.07. The molecule has 3 heteroatoms. The van der Waals surface area contributed by atoms with Crippen LogP contribution in [0.3, 0.4) is 0 Å². The van der Waals surface area contributed by atoms with Gasteiger partial charge in [-0.2, -0.15) is 0 Å². The lowest BCUT2D eigenvalue weighted by Crippen LogP contribution is -2.44. The number of hydrogen-bond donors (Lipinski definition) is 2. The number of rotatable bonds is 5. The third kappa shape index (κ3) is 5.64. The topological polar surface area (TPSA) is 55.1 Å². The molecule has 0 heterocycles. The molecule has 0 aromatic heterocycles. The number of carbonyl (C=O) groups excluding carboxylic acids is 1. The van der Waals surface area contributed by atoms with Gasteiger partial charge in [-0.1, -0.05) is 20.8 Å². The molecule has 0 rings (SSSR count). The Hall–Kier alpha value is -0.570. The fraction of sp³-hybridized carbons (Fsp3) is 0.900. The van der Waals surface area contributed by atoms with Crippen LogP contribution in [0.1, 0.15) is 40.5 Å². The summed E-state index contributed by atoms with van der Waals surface area (Å²) < 4.78 is 0. The van der Waals surface area contributed by atoms with Crippen LogP contribution in [0.25, 0.3) is 0 Å². The minimum absolute atomic E-state index is 0.0250. The van der Waals surface area contributed by atoms with Crippen LogP contribution in [-0.4, -0.2) is 18.0 Å². The monoisotopic (exact) mass is 186 g/mol. The first-order valence-corrected chi connectivity index (χ1v) is 5.03. The van der Waals surface area contributed by atoms with E-state index in [0.29, 0.717) is 5.92 Å². The van der Waals surface area contributed by atoms with Crippen LogP contribution < -0.4 is 11.1 Å². The van der Waals surface area contributed by atoms with E-state index in [1.54, 1.807) is 0 Å². The number of carbonyl (C=O) groups is 1. The summed E-state index contributed by atoms with van der Waals surface area (Å²) >= 11 is 0. The Morgan fingerprint density at radius 2 is 1.92 bits per heavy atom. The molecule has 0 unspecified atom stereocenters. The molecular formula is C10H22N2O. The Morgan fingerprint density at radius 3 is 2.31 bits per heavy atom. The zero-order valence-corrected chi connectivity index (χ0v) is 9.13. The Kier molecular flexibility index (Phi) is 5.71. The first kappa shape index (κ1) is 12.4. The van der Waals surface area contributed by atoms with Crippen molar-refractivity contribution in [2.24, 2.45) is 11.7 Å². The molecule has 0 radical (unpaired) electrons. The highest BCUT2D eigenvalue weighted by atomic mass is 16.2. The van der Waals surface area contributed by atoms with Gasteiger partial charge in [0.1, 0.15) is 0 Å². The SMILES string of the molecule is CC[C@@H](C)NC(=O)[C@H](N)CC(C)C. The number of nitrogens with one attached hydrogen (secondary N) is 1. The molecule has 78 valence electrons. The summed E-state index contributed by atoms with van der Waals surface area (Å²) in [7, 11) is 0. The van der Waals surface area contributed by atoms with Crippen LogP contribution in [0.2, 0.25) is 0 Å². The van der Waals surface area contributed by atoms with E-state index >= 15 is 0 Å². The van der Waals surface area contributed by atoms with Gasteiger partial charge in [-0.15, -0.1) is 0 Å². The van der Waals surface area contributed by atoms with E-state index in [1.165, 1.54) is 0 Å². The summed E-state index contributed by atoms with van der Waals surface area (Å²) in [6.07, 6.45) is 1.70. The zero-order chi connectivity index (χ0) is 10.4. The first-order chi connectivity index (χ1) is 5.97. The molecule has 3 N–H and O–H groups in total. The average molecular weight is 186 g/mol. The Morgan fingerprint density at radius 1 is 1.38 bits per heavy atom. The van der Waals surface area contributed by atoms with Gasteiger partial charge in [0.15, 0.2) is 0 Å². The summed E-state index contributed by atoms with van der Waals surface area (Å²) in [6, 6.07) is -0.125. The maximum Gasteiger partial charge on any atom is 0.237 e. The third-order valence-electron chi connectivity index (χ3n) is 2.06. The van der Waals surface area contributed by atoms with Gasteiger partial charge in [-0.25, -0.2) is 0 Å². The molecule has 0 fully saturated rings. The molecule has 0 aliphatic carbocycles. The van der Waals surface area contributed by atoms with Crippen LogP contribution in [-0.2, 0) is 4.79 Å². The van der Waals surface area contributed by atoms with Crippen molar-refractivity contribution in [1.82, 2.24) is 5.32 Å². The van der Waals surface area contributed by atoms with E-state index < -0.39 is 0 Å². The summed E-state index contributed by atoms with van der Waals surface area (Å²) in [5.41, 5.74) is 5.71. The Balaban J connectivity index is 3.82. The molecule has 0 spiro atoms. The molecule has 0 bridgehead atoms.